The highest BCUT2D eigenvalue weighted by atomic mass is 35.5. The molecule has 0 aliphatic heterocycles. The Morgan fingerprint density at radius 3 is 2.50 bits per heavy atom. The average Bonchev–Trinajstić information content (AvgIpc) is 2.17. The number of halogens is 1. The molecule has 1 heterocycles. The van der Waals surface area contributed by atoms with E-state index in [1.165, 1.54) is 6.33 Å². The summed E-state index contributed by atoms with van der Waals surface area (Å²) in [6.45, 7) is 5.34. The fourth-order valence-electron chi connectivity index (χ4n) is 1.21. The molecule has 0 unspecified atom stereocenters. The quantitative estimate of drug-likeness (QED) is 0.838. The van der Waals surface area contributed by atoms with E-state index in [2.05, 4.69) is 15.3 Å². The van der Waals surface area contributed by atoms with Crippen LogP contribution in [0.25, 0.3) is 0 Å². The second-order valence-corrected chi connectivity index (χ2v) is 5.24. The van der Waals surface area contributed by atoms with Gasteiger partial charge in [0.15, 0.2) is 11.0 Å². The second-order valence-electron chi connectivity index (χ2n) is 4.88. The molecule has 0 saturated heterocycles. The molecule has 100 valence electrons. The normalized spacial score (nSPS) is 11.0. The van der Waals surface area contributed by atoms with Crippen LogP contribution < -0.4 is 10.2 Å². The molecule has 0 spiro atoms. The topological polar surface area (TPSA) is 67.4 Å². The molecule has 0 radical (unpaired) electrons. The van der Waals surface area contributed by atoms with Crippen molar-refractivity contribution in [2.24, 2.45) is 0 Å². The van der Waals surface area contributed by atoms with E-state index in [-0.39, 0.29) is 5.15 Å². The Hall–Kier alpha value is -1.56. The van der Waals surface area contributed by atoms with Crippen molar-refractivity contribution in [3.8, 4) is 0 Å². The van der Waals surface area contributed by atoms with Gasteiger partial charge in [-0.3, -0.25) is 5.32 Å². The Morgan fingerprint density at radius 2 is 2.00 bits per heavy atom. The summed E-state index contributed by atoms with van der Waals surface area (Å²) < 4.78 is 5.15. The summed E-state index contributed by atoms with van der Waals surface area (Å²) in [6.07, 6.45) is 0.736. The van der Waals surface area contributed by atoms with E-state index in [4.69, 9.17) is 16.3 Å². The number of carbonyl (C=O) groups is 1. The van der Waals surface area contributed by atoms with Gasteiger partial charge in [0, 0.05) is 14.1 Å². The standard InChI is InChI=1S/C11H17ClN4O2/c1-11(2,3)18-10(17)15-7-8(12)13-6-14-9(7)16(4)5/h6H,1-5H3,(H,15,17). The molecular weight excluding hydrogens is 256 g/mol. The Bertz CT molecular complexity index is 443. The lowest BCUT2D eigenvalue weighted by molar-refractivity contribution is 0.0636. The molecule has 0 bridgehead atoms. The summed E-state index contributed by atoms with van der Waals surface area (Å²) >= 11 is 5.94. The Balaban J connectivity index is 2.93. The van der Waals surface area contributed by atoms with Gasteiger partial charge in [-0.2, -0.15) is 0 Å². The van der Waals surface area contributed by atoms with Crippen molar-refractivity contribution in [1.29, 1.82) is 0 Å². The van der Waals surface area contributed by atoms with Gasteiger partial charge in [0.1, 0.15) is 17.6 Å². The first-order chi connectivity index (χ1) is 8.20. The fourth-order valence-corrected chi connectivity index (χ4v) is 1.38. The molecule has 0 atom stereocenters. The van der Waals surface area contributed by atoms with Gasteiger partial charge >= 0.3 is 6.09 Å². The summed E-state index contributed by atoms with van der Waals surface area (Å²) in [4.78, 5) is 21.3. The van der Waals surface area contributed by atoms with Crippen molar-refractivity contribution < 1.29 is 9.53 Å². The van der Waals surface area contributed by atoms with Crippen LogP contribution in [0.2, 0.25) is 5.15 Å². The third kappa shape index (κ3) is 4.03. The summed E-state index contributed by atoms with van der Waals surface area (Å²) in [5, 5.41) is 2.72. The summed E-state index contributed by atoms with van der Waals surface area (Å²) in [5.74, 6) is 0.515. The van der Waals surface area contributed by atoms with E-state index >= 15 is 0 Å². The van der Waals surface area contributed by atoms with E-state index in [1.807, 2.05) is 0 Å². The van der Waals surface area contributed by atoms with Crippen LogP contribution in [-0.4, -0.2) is 35.8 Å². The minimum atomic E-state index is -0.595. The first kappa shape index (κ1) is 14.5. The van der Waals surface area contributed by atoms with Crippen LogP contribution in [0, 0.1) is 0 Å². The highest BCUT2D eigenvalue weighted by molar-refractivity contribution is 6.33. The molecule has 0 aromatic carbocycles. The zero-order chi connectivity index (χ0) is 13.9. The smallest absolute Gasteiger partial charge is 0.412 e. The highest BCUT2D eigenvalue weighted by Gasteiger charge is 2.20. The van der Waals surface area contributed by atoms with Crippen LogP contribution >= 0.6 is 11.6 Å². The molecule has 0 aliphatic carbocycles. The number of carbonyl (C=O) groups excluding carboxylic acids is 1. The molecule has 0 aliphatic rings. The lowest BCUT2D eigenvalue weighted by Gasteiger charge is -2.21. The van der Waals surface area contributed by atoms with Gasteiger partial charge in [0.05, 0.1) is 0 Å². The lowest BCUT2D eigenvalue weighted by Crippen LogP contribution is -2.28. The average molecular weight is 273 g/mol. The molecule has 1 amide bonds. The first-order valence-corrected chi connectivity index (χ1v) is 5.76. The van der Waals surface area contributed by atoms with E-state index in [1.54, 1.807) is 39.8 Å². The van der Waals surface area contributed by atoms with Crippen molar-refractivity contribution in [2.75, 3.05) is 24.3 Å². The molecule has 1 N–H and O–H groups in total. The van der Waals surface area contributed by atoms with Gasteiger partial charge in [0.2, 0.25) is 0 Å². The summed E-state index contributed by atoms with van der Waals surface area (Å²) in [7, 11) is 3.58. The number of hydrogen-bond donors (Lipinski definition) is 1. The number of anilines is 2. The Morgan fingerprint density at radius 1 is 1.39 bits per heavy atom. The van der Waals surface area contributed by atoms with Crippen molar-refractivity contribution in [3.63, 3.8) is 0 Å². The van der Waals surface area contributed by atoms with Crippen molar-refractivity contribution in [3.05, 3.63) is 11.5 Å². The zero-order valence-corrected chi connectivity index (χ0v) is 11.9. The second kappa shape index (κ2) is 5.39. The van der Waals surface area contributed by atoms with Gasteiger partial charge in [-0.05, 0) is 20.8 Å². The number of ether oxygens (including phenoxy) is 1. The number of nitrogens with one attached hydrogen (secondary N) is 1. The maximum absolute atomic E-state index is 11.7. The van der Waals surface area contributed by atoms with Crippen molar-refractivity contribution in [1.82, 2.24) is 9.97 Å². The maximum atomic E-state index is 11.7. The first-order valence-electron chi connectivity index (χ1n) is 5.38. The highest BCUT2D eigenvalue weighted by Crippen LogP contribution is 2.28. The lowest BCUT2D eigenvalue weighted by atomic mass is 10.2. The van der Waals surface area contributed by atoms with E-state index in [9.17, 15) is 4.79 Å². The molecule has 6 nitrogen and oxygen atoms in total. The molecule has 18 heavy (non-hydrogen) atoms. The van der Waals surface area contributed by atoms with E-state index in [0.717, 1.165) is 0 Å². The van der Waals surface area contributed by atoms with Crippen LogP contribution in [0.1, 0.15) is 20.8 Å². The molecule has 0 fully saturated rings. The van der Waals surface area contributed by atoms with Crippen LogP contribution in [0.15, 0.2) is 6.33 Å². The molecule has 1 aromatic rings. The van der Waals surface area contributed by atoms with Gasteiger partial charge in [-0.1, -0.05) is 11.6 Å². The Labute approximate surface area is 111 Å². The predicted molar refractivity (Wildman–Crippen MR) is 71.2 cm³/mol. The fraction of sp³-hybridized carbons (Fsp3) is 0.545. The number of amides is 1. The number of aromatic nitrogens is 2. The molecule has 0 saturated carbocycles. The van der Waals surface area contributed by atoms with Crippen LogP contribution in [-0.2, 0) is 4.74 Å². The van der Waals surface area contributed by atoms with Gasteiger partial charge in [-0.15, -0.1) is 0 Å². The van der Waals surface area contributed by atoms with Gasteiger partial charge in [0.25, 0.3) is 0 Å². The minimum Gasteiger partial charge on any atom is -0.444 e. The summed E-state index contributed by atoms with van der Waals surface area (Å²) in [6, 6.07) is 0. The third-order valence-electron chi connectivity index (χ3n) is 1.83. The largest absolute Gasteiger partial charge is 0.444 e. The van der Waals surface area contributed by atoms with E-state index < -0.39 is 11.7 Å². The zero-order valence-electron chi connectivity index (χ0n) is 11.1. The van der Waals surface area contributed by atoms with Gasteiger partial charge < -0.3 is 9.64 Å². The van der Waals surface area contributed by atoms with Crippen molar-refractivity contribution in [2.45, 2.75) is 26.4 Å². The number of hydrogen-bond acceptors (Lipinski definition) is 5. The SMILES string of the molecule is CN(C)c1ncnc(Cl)c1NC(=O)OC(C)(C)C. The third-order valence-corrected chi connectivity index (χ3v) is 2.12. The van der Waals surface area contributed by atoms with E-state index in [0.29, 0.717) is 11.5 Å². The van der Waals surface area contributed by atoms with Gasteiger partial charge in [-0.25, -0.2) is 14.8 Å². The van der Waals surface area contributed by atoms with Crippen LogP contribution in [0.5, 0.6) is 0 Å². The molecule has 7 heteroatoms. The number of nitrogens with zero attached hydrogens (tertiary/aromatic N) is 3. The maximum Gasteiger partial charge on any atom is 0.412 e. The Kier molecular flexibility index (Phi) is 4.34. The minimum absolute atomic E-state index is 0.166. The van der Waals surface area contributed by atoms with Crippen LogP contribution in [0.4, 0.5) is 16.3 Å². The monoisotopic (exact) mass is 272 g/mol. The summed E-state index contributed by atoms with van der Waals surface area (Å²) in [5.41, 5.74) is -0.247. The van der Waals surface area contributed by atoms with Crippen molar-refractivity contribution >= 4 is 29.2 Å². The predicted octanol–water partition coefficient (Wildman–Crippen LogP) is 2.54. The molecular formula is C11H17ClN4O2. The molecule has 1 rings (SSSR count). The number of rotatable bonds is 2. The molecule has 1 aromatic heterocycles. The van der Waals surface area contributed by atoms with Crippen LogP contribution in [0.3, 0.4) is 0 Å².